The van der Waals surface area contributed by atoms with E-state index in [1.165, 1.54) is 63.4 Å². The Morgan fingerprint density at radius 1 is 1.04 bits per heavy atom. The molecule has 1 aliphatic carbocycles. The number of ether oxygens (including phenoxy) is 2. The topological polar surface area (TPSA) is 217 Å². The van der Waals surface area contributed by atoms with Gasteiger partial charge in [-0.1, -0.05) is 87.4 Å². The third-order valence-electron chi connectivity index (χ3n) is 6.34. The van der Waals surface area contributed by atoms with Crippen LogP contribution in [0.25, 0.3) is 0 Å². The van der Waals surface area contributed by atoms with Crippen LogP contribution in [-0.4, -0.2) is 71.5 Å². The minimum atomic E-state index is -1.17. The molecule has 0 radical (unpaired) electrons. The molecule has 0 aromatic heterocycles. The number of carboxylic acid groups (broad SMARTS) is 1. The average Bonchev–Trinajstić information content (AvgIpc) is 3.48. The van der Waals surface area contributed by atoms with Crippen molar-refractivity contribution in [3.8, 4) is 0 Å². The molecular weight excluding hydrogens is 588 g/mol. The highest BCUT2D eigenvalue weighted by molar-refractivity contribution is 5.81. The Balaban J connectivity index is -0.000000582. The first-order valence-electron chi connectivity index (χ1n) is 15.3. The molecule has 0 bridgehead atoms. The zero-order valence-corrected chi connectivity index (χ0v) is 27.2. The Morgan fingerprint density at radius 3 is 2.29 bits per heavy atom. The molecule has 0 atom stereocenters. The first-order chi connectivity index (χ1) is 20.6. The highest BCUT2D eigenvalue weighted by atomic mass is 17.0. The van der Waals surface area contributed by atoms with Crippen LogP contribution in [0.5, 0.6) is 0 Å². The maximum atomic E-state index is 11.0. The molecule has 260 valence electrons. The van der Waals surface area contributed by atoms with Gasteiger partial charge in [-0.25, -0.2) is 0 Å². The van der Waals surface area contributed by atoms with Crippen molar-refractivity contribution in [1.82, 2.24) is 5.32 Å². The van der Waals surface area contributed by atoms with Gasteiger partial charge in [-0.3, -0.25) is 14.4 Å². The Kier molecular flexibility index (Phi) is 32.5. The van der Waals surface area contributed by atoms with Crippen molar-refractivity contribution in [2.45, 2.75) is 104 Å². The third-order valence-corrected chi connectivity index (χ3v) is 6.34. The second kappa shape index (κ2) is 31.9. The monoisotopic (exact) mass is 644 g/mol. The van der Waals surface area contributed by atoms with Crippen molar-refractivity contribution in [3.63, 3.8) is 0 Å². The summed E-state index contributed by atoms with van der Waals surface area (Å²) in [5.41, 5.74) is 1.50. The number of aliphatic carboxylic acids is 1. The van der Waals surface area contributed by atoms with Crippen molar-refractivity contribution in [2.24, 2.45) is 5.92 Å². The smallest absolute Gasteiger partial charge is 0.322 e. The predicted molar refractivity (Wildman–Crippen MR) is 172 cm³/mol. The number of nitrogens with zero attached hydrogens (tertiary/aromatic N) is 1. The Bertz CT molecular complexity index is 906. The minimum Gasteiger partial charge on any atom is -0.480 e. The van der Waals surface area contributed by atoms with Crippen molar-refractivity contribution >= 4 is 17.8 Å². The van der Waals surface area contributed by atoms with Crippen molar-refractivity contribution in [1.29, 1.82) is 0 Å². The van der Waals surface area contributed by atoms with Gasteiger partial charge in [0.05, 0.1) is 12.7 Å². The Labute approximate surface area is 267 Å². The van der Waals surface area contributed by atoms with E-state index in [1.807, 2.05) is 32.2 Å². The minimum absolute atomic E-state index is 0. The molecule has 0 saturated heterocycles. The number of unbranched alkanes of at least 4 members (excludes halogenated alkanes) is 3. The quantitative estimate of drug-likeness (QED) is 0.0714. The van der Waals surface area contributed by atoms with Crippen LogP contribution in [0.4, 0.5) is 0 Å². The van der Waals surface area contributed by atoms with E-state index in [4.69, 9.17) is 9.84 Å². The van der Waals surface area contributed by atoms with Gasteiger partial charge in [0.2, 0.25) is 5.91 Å². The summed E-state index contributed by atoms with van der Waals surface area (Å²) in [5, 5.41) is 18.9. The van der Waals surface area contributed by atoms with Gasteiger partial charge < -0.3 is 35.7 Å². The molecule has 1 fully saturated rings. The summed E-state index contributed by atoms with van der Waals surface area (Å²) in [6.45, 7) is 4.45. The van der Waals surface area contributed by atoms with Crippen LogP contribution in [-0.2, 0) is 35.1 Å². The molecule has 13 nitrogen and oxygen atoms in total. The molecule has 0 spiro atoms. The fourth-order valence-electron chi connectivity index (χ4n) is 4.30. The highest BCUT2D eigenvalue weighted by Crippen LogP contribution is 2.29. The molecule has 1 saturated carbocycles. The van der Waals surface area contributed by atoms with E-state index < -0.39 is 23.5 Å². The van der Waals surface area contributed by atoms with Crippen LogP contribution >= 0.6 is 0 Å². The van der Waals surface area contributed by atoms with Crippen LogP contribution < -0.4 is 5.32 Å². The van der Waals surface area contributed by atoms with Gasteiger partial charge in [0.1, 0.15) is 19.8 Å². The Morgan fingerprint density at radius 2 is 1.71 bits per heavy atom. The zero-order chi connectivity index (χ0) is 32.1. The normalized spacial score (nSPS) is 12.0. The molecule has 2 rings (SSSR count). The standard InChI is InChI=1S/C16H24.C10H18O2.C6H10N2O7.2H2O/c1-3-9-15(10-4-1)11-5-2-6-12-16-13-7-8-14-16;1-4-5-6-7-8-10(11)12-9(2)3;9-5(7-3-6(10)11)4-14-1-2-15-8(12)13;;/h1,3-4,9-10,16H,2,5-8,11-14H2;4-5,9H,6-8H2,1-3H3;1-4H2,(H,7,9)(H,10,11);2*1H2/b;5-4-;;;. The van der Waals surface area contributed by atoms with Crippen LogP contribution in [0.1, 0.15) is 97.0 Å². The summed E-state index contributed by atoms with van der Waals surface area (Å²) in [5.74, 6) is -0.787. The number of amides is 1. The number of carbonyl (C=O) groups excluding carboxylic acids is 2. The number of aryl methyl sites for hydroxylation is 1. The van der Waals surface area contributed by atoms with Crippen molar-refractivity contribution in [3.05, 3.63) is 58.2 Å². The fourth-order valence-corrected chi connectivity index (χ4v) is 4.30. The van der Waals surface area contributed by atoms with Gasteiger partial charge in [-0.2, -0.15) is 0 Å². The second-order valence-corrected chi connectivity index (χ2v) is 10.5. The lowest BCUT2D eigenvalue weighted by atomic mass is 9.98. The van der Waals surface area contributed by atoms with E-state index in [9.17, 15) is 24.5 Å². The number of nitrogens with one attached hydrogen (secondary N) is 1. The maximum absolute atomic E-state index is 11.0. The molecule has 1 aliphatic rings. The number of hydrogen-bond acceptors (Lipinski definition) is 8. The number of allylic oxidation sites excluding steroid dienone is 2. The number of carboxylic acids is 1. The predicted octanol–water partition coefficient (Wildman–Crippen LogP) is 4.43. The zero-order valence-electron chi connectivity index (χ0n) is 27.2. The van der Waals surface area contributed by atoms with Crippen molar-refractivity contribution < 1.29 is 49.8 Å². The van der Waals surface area contributed by atoms with Crippen LogP contribution in [0, 0.1) is 16.0 Å². The molecule has 6 N–H and O–H groups in total. The summed E-state index contributed by atoms with van der Waals surface area (Å²) < 4.78 is 9.61. The van der Waals surface area contributed by atoms with E-state index in [0.717, 1.165) is 18.8 Å². The summed E-state index contributed by atoms with van der Waals surface area (Å²) in [6.07, 6.45) is 19.5. The van der Waals surface area contributed by atoms with Crippen molar-refractivity contribution in [2.75, 3.05) is 26.4 Å². The maximum Gasteiger partial charge on any atom is 0.322 e. The van der Waals surface area contributed by atoms with Crippen LogP contribution in [0.2, 0.25) is 0 Å². The Hall–Kier alpha value is -3.55. The largest absolute Gasteiger partial charge is 0.480 e. The van der Waals surface area contributed by atoms with Crippen LogP contribution in [0.15, 0.2) is 42.5 Å². The number of esters is 1. The molecule has 0 heterocycles. The molecule has 45 heavy (non-hydrogen) atoms. The average molecular weight is 645 g/mol. The number of hydrogen-bond donors (Lipinski definition) is 2. The van der Waals surface area contributed by atoms with E-state index in [2.05, 4.69) is 46.0 Å². The third kappa shape index (κ3) is 33.2. The lowest BCUT2D eigenvalue weighted by molar-refractivity contribution is -0.758. The lowest BCUT2D eigenvalue weighted by Crippen LogP contribution is -2.32. The van der Waals surface area contributed by atoms with Gasteiger partial charge in [0.15, 0.2) is 0 Å². The second-order valence-electron chi connectivity index (χ2n) is 10.5. The molecular formula is C32H56N2O11. The summed E-state index contributed by atoms with van der Waals surface area (Å²) >= 11 is 0. The molecule has 13 heteroatoms. The molecule has 1 amide bonds. The van der Waals surface area contributed by atoms with Gasteiger partial charge in [-0.05, 0) is 57.9 Å². The summed E-state index contributed by atoms with van der Waals surface area (Å²) in [7, 11) is 0. The highest BCUT2D eigenvalue weighted by Gasteiger charge is 2.13. The van der Waals surface area contributed by atoms with Gasteiger partial charge in [0.25, 0.3) is 5.09 Å². The van der Waals surface area contributed by atoms with E-state index >= 15 is 0 Å². The number of rotatable bonds is 19. The molecule has 1 aromatic rings. The van der Waals surface area contributed by atoms with Gasteiger partial charge in [-0.15, -0.1) is 10.1 Å². The van der Waals surface area contributed by atoms with Crippen LogP contribution in [0.3, 0.4) is 0 Å². The van der Waals surface area contributed by atoms with E-state index in [1.54, 1.807) is 0 Å². The van der Waals surface area contributed by atoms with Gasteiger partial charge in [0, 0.05) is 6.42 Å². The summed E-state index contributed by atoms with van der Waals surface area (Å²) in [6, 6.07) is 10.9. The fraction of sp³-hybridized carbons (Fsp3) is 0.656. The molecule has 1 aromatic carbocycles. The molecule has 0 unspecified atom stereocenters. The first-order valence-corrected chi connectivity index (χ1v) is 15.3. The first kappa shape index (κ1) is 45.9. The number of carbonyl (C=O) groups is 3. The van der Waals surface area contributed by atoms with E-state index in [0.29, 0.717) is 6.42 Å². The summed E-state index contributed by atoms with van der Waals surface area (Å²) in [4.78, 5) is 45.3. The van der Waals surface area contributed by atoms with E-state index in [-0.39, 0.29) is 42.8 Å². The van der Waals surface area contributed by atoms with Gasteiger partial charge >= 0.3 is 11.9 Å². The number of benzene rings is 1. The SMILES string of the molecule is C/C=C\CCCC(=O)OC(C)C.O.O.O=C(O)CNC(=O)COCCO[N+](=O)[O-].c1ccc(CCCCCC2CCCC2)cc1. The lowest BCUT2D eigenvalue weighted by Gasteiger charge is -2.07. The molecule has 0 aliphatic heterocycles.